The lowest BCUT2D eigenvalue weighted by atomic mass is 10.1. The third-order valence-corrected chi connectivity index (χ3v) is 3.30. The van der Waals surface area contributed by atoms with Gasteiger partial charge in [0.1, 0.15) is 12.4 Å². The average molecular weight is 236 g/mol. The number of ether oxygens (including phenoxy) is 1. The molecule has 0 aliphatic heterocycles. The zero-order valence-corrected chi connectivity index (χ0v) is 11.6. The van der Waals surface area contributed by atoms with Crippen molar-refractivity contribution in [2.45, 2.75) is 26.8 Å². The summed E-state index contributed by atoms with van der Waals surface area (Å²) in [6.45, 7) is 7.53. The van der Waals surface area contributed by atoms with Gasteiger partial charge in [-0.15, -0.1) is 0 Å². The van der Waals surface area contributed by atoms with E-state index in [1.54, 1.807) is 0 Å². The molecule has 2 N–H and O–H groups in total. The number of hydrogen-bond donors (Lipinski definition) is 1. The van der Waals surface area contributed by atoms with E-state index in [0.29, 0.717) is 13.2 Å². The molecule has 3 heteroatoms. The fourth-order valence-electron chi connectivity index (χ4n) is 1.76. The van der Waals surface area contributed by atoms with E-state index in [2.05, 4.69) is 37.8 Å². The lowest BCUT2D eigenvalue weighted by molar-refractivity contribution is 0.188. The average Bonchev–Trinajstić information content (AvgIpc) is 2.28. The van der Waals surface area contributed by atoms with Crippen LogP contribution in [0.5, 0.6) is 5.75 Å². The van der Waals surface area contributed by atoms with E-state index in [1.807, 2.05) is 14.1 Å². The van der Waals surface area contributed by atoms with E-state index in [9.17, 15) is 0 Å². The Bertz CT molecular complexity index is 375. The maximum atomic E-state index is 5.94. The van der Waals surface area contributed by atoms with Gasteiger partial charge >= 0.3 is 0 Å². The third-order valence-electron chi connectivity index (χ3n) is 3.30. The zero-order valence-electron chi connectivity index (χ0n) is 11.6. The Kier molecular flexibility index (Phi) is 4.97. The zero-order chi connectivity index (χ0) is 13.0. The van der Waals surface area contributed by atoms with Crippen LogP contribution < -0.4 is 10.5 Å². The Labute approximate surface area is 105 Å². The molecule has 0 aliphatic rings. The number of nitrogens with zero attached hydrogens (tertiary/aromatic N) is 1. The van der Waals surface area contributed by atoms with Crippen LogP contribution in [-0.2, 0) is 0 Å². The van der Waals surface area contributed by atoms with Crippen LogP contribution in [0.3, 0.4) is 0 Å². The lowest BCUT2D eigenvalue weighted by Gasteiger charge is -2.24. The van der Waals surface area contributed by atoms with E-state index in [4.69, 9.17) is 10.5 Å². The molecule has 0 amide bonds. The Morgan fingerprint density at radius 3 is 2.29 bits per heavy atom. The molecule has 1 rings (SSSR count). The molecule has 0 fully saturated rings. The van der Waals surface area contributed by atoms with Gasteiger partial charge in [0.15, 0.2) is 0 Å². The first-order chi connectivity index (χ1) is 7.97. The number of hydrogen-bond acceptors (Lipinski definition) is 3. The van der Waals surface area contributed by atoms with Crippen molar-refractivity contribution in [2.75, 3.05) is 27.2 Å². The van der Waals surface area contributed by atoms with Gasteiger partial charge < -0.3 is 15.4 Å². The standard InChI is InChI=1S/C14H24N2O/c1-10-6-7-11(2)14(12(10)3)17-9-13(8-15)16(4)5/h6-7,13H,8-9,15H2,1-5H3. The number of aryl methyl sites for hydroxylation is 2. The van der Waals surface area contributed by atoms with Crippen LogP contribution >= 0.6 is 0 Å². The molecule has 0 bridgehead atoms. The van der Waals surface area contributed by atoms with Crippen LogP contribution in [0, 0.1) is 20.8 Å². The number of likely N-dealkylation sites (N-methyl/N-ethyl adjacent to an activating group) is 1. The summed E-state index contributed by atoms with van der Waals surface area (Å²) in [6.07, 6.45) is 0. The minimum absolute atomic E-state index is 0.259. The Balaban J connectivity index is 2.78. The smallest absolute Gasteiger partial charge is 0.125 e. The summed E-state index contributed by atoms with van der Waals surface area (Å²) >= 11 is 0. The normalized spacial score (nSPS) is 12.9. The van der Waals surface area contributed by atoms with Crippen molar-refractivity contribution in [3.63, 3.8) is 0 Å². The largest absolute Gasteiger partial charge is 0.491 e. The molecule has 1 aromatic carbocycles. The van der Waals surface area contributed by atoms with Gasteiger partial charge in [-0.2, -0.15) is 0 Å². The van der Waals surface area contributed by atoms with Gasteiger partial charge in [0.25, 0.3) is 0 Å². The third kappa shape index (κ3) is 3.45. The fraction of sp³-hybridized carbons (Fsp3) is 0.571. The number of benzene rings is 1. The molecule has 0 heterocycles. The van der Waals surface area contributed by atoms with Crippen molar-refractivity contribution in [1.82, 2.24) is 4.90 Å². The predicted molar refractivity (Wildman–Crippen MR) is 72.7 cm³/mol. The predicted octanol–water partition coefficient (Wildman–Crippen LogP) is 1.88. The quantitative estimate of drug-likeness (QED) is 0.848. The molecule has 0 spiro atoms. The first-order valence-electron chi connectivity index (χ1n) is 6.03. The highest BCUT2D eigenvalue weighted by Crippen LogP contribution is 2.25. The minimum Gasteiger partial charge on any atom is -0.491 e. The summed E-state index contributed by atoms with van der Waals surface area (Å²) in [7, 11) is 4.05. The molecule has 0 aromatic heterocycles. The molecule has 0 saturated heterocycles. The van der Waals surface area contributed by atoms with Crippen LogP contribution in [0.2, 0.25) is 0 Å². The van der Waals surface area contributed by atoms with Crippen molar-refractivity contribution in [1.29, 1.82) is 0 Å². The van der Waals surface area contributed by atoms with Crippen molar-refractivity contribution in [3.05, 3.63) is 28.8 Å². The summed E-state index contributed by atoms with van der Waals surface area (Å²) in [5, 5.41) is 0. The monoisotopic (exact) mass is 236 g/mol. The van der Waals surface area contributed by atoms with Gasteiger partial charge in [-0.3, -0.25) is 0 Å². The van der Waals surface area contributed by atoms with E-state index in [1.165, 1.54) is 16.7 Å². The molecule has 1 atom stereocenters. The van der Waals surface area contributed by atoms with E-state index >= 15 is 0 Å². The molecule has 1 aromatic rings. The molecule has 0 saturated carbocycles. The second-order valence-corrected chi connectivity index (χ2v) is 4.82. The van der Waals surface area contributed by atoms with Gasteiger partial charge in [0.2, 0.25) is 0 Å². The summed E-state index contributed by atoms with van der Waals surface area (Å²) in [6, 6.07) is 4.49. The van der Waals surface area contributed by atoms with Crippen LogP contribution in [0.15, 0.2) is 12.1 Å². The van der Waals surface area contributed by atoms with Crippen molar-refractivity contribution in [2.24, 2.45) is 5.73 Å². The second-order valence-electron chi connectivity index (χ2n) is 4.82. The summed E-state index contributed by atoms with van der Waals surface area (Å²) in [5.41, 5.74) is 9.39. The molecule has 96 valence electrons. The maximum Gasteiger partial charge on any atom is 0.125 e. The number of rotatable bonds is 5. The van der Waals surface area contributed by atoms with E-state index < -0.39 is 0 Å². The van der Waals surface area contributed by atoms with Crippen LogP contribution in [0.1, 0.15) is 16.7 Å². The van der Waals surface area contributed by atoms with Crippen molar-refractivity contribution >= 4 is 0 Å². The Morgan fingerprint density at radius 1 is 1.18 bits per heavy atom. The SMILES string of the molecule is Cc1ccc(C)c(OCC(CN)N(C)C)c1C. The van der Waals surface area contributed by atoms with E-state index in [0.717, 1.165) is 5.75 Å². The van der Waals surface area contributed by atoms with Crippen LogP contribution in [0.4, 0.5) is 0 Å². The lowest BCUT2D eigenvalue weighted by Crippen LogP contribution is -2.40. The van der Waals surface area contributed by atoms with Gasteiger partial charge in [-0.25, -0.2) is 0 Å². The van der Waals surface area contributed by atoms with E-state index in [-0.39, 0.29) is 6.04 Å². The first kappa shape index (κ1) is 14.0. The molecule has 17 heavy (non-hydrogen) atoms. The first-order valence-corrected chi connectivity index (χ1v) is 6.03. The molecular weight excluding hydrogens is 212 g/mol. The molecular formula is C14H24N2O. The van der Waals surface area contributed by atoms with Crippen molar-refractivity contribution < 1.29 is 4.74 Å². The highest BCUT2D eigenvalue weighted by atomic mass is 16.5. The molecule has 1 unspecified atom stereocenters. The second kappa shape index (κ2) is 6.03. The fourth-order valence-corrected chi connectivity index (χ4v) is 1.76. The summed E-state index contributed by atoms with van der Waals surface area (Å²) < 4.78 is 5.94. The summed E-state index contributed by atoms with van der Waals surface area (Å²) in [5.74, 6) is 1.00. The Morgan fingerprint density at radius 2 is 1.76 bits per heavy atom. The maximum absolute atomic E-state index is 5.94. The topological polar surface area (TPSA) is 38.5 Å². The highest BCUT2D eigenvalue weighted by molar-refractivity contribution is 5.44. The highest BCUT2D eigenvalue weighted by Gasteiger charge is 2.12. The number of nitrogens with two attached hydrogens (primary N) is 1. The van der Waals surface area contributed by atoms with Gasteiger partial charge in [0.05, 0.1) is 6.04 Å². The van der Waals surface area contributed by atoms with Crippen LogP contribution in [0.25, 0.3) is 0 Å². The van der Waals surface area contributed by atoms with Crippen molar-refractivity contribution in [3.8, 4) is 5.75 Å². The van der Waals surface area contributed by atoms with Gasteiger partial charge in [0, 0.05) is 6.54 Å². The molecule has 0 aliphatic carbocycles. The Hall–Kier alpha value is -1.06. The van der Waals surface area contributed by atoms with Crippen LogP contribution in [-0.4, -0.2) is 38.2 Å². The summed E-state index contributed by atoms with van der Waals surface area (Å²) in [4.78, 5) is 2.10. The molecule has 0 radical (unpaired) electrons. The van der Waals surface area contributed by atoms with Gasteiger partial charge in [-0.05, 0) is 51.6 Å². The minimum atomic E-state index is 0.259. The molecule has 3 nitrogen and oxygen atoms in total. The van der Waals surface area contributed by atoms with Gasteiger partial charge in [-0.1, -0.05) is 12.1 Å².